The van der Waals surface area contributed by atoms with Gasteiger partial charge in [0.05, 0.1) is 22.3 Å². The Labute approximate surface area is 178 Å². The molecule has 0 amide bonds. The van der Waals surface area contributed by atoms with Gasteiger partial charge in [-0.2, -0.15) is 15.3 Å². The summed E-state index contributed by atoms with van der Waals surface area (Å²) in [5.74, 6) is 0. The van der Waals surface area contributed by atoms with E-state index in [1.807, 2.05) is 71.5 Å². The molecule has 1 aliphatic heterocycles. The quantitative estimate of drug-likeness (QED) is 0.295. The predicted molar refractivity (Wildman–Crippen MR) is 117 cm³/mol. The fraction of sp³-hybridized carbons (Fsp3) is 0.125. The smallest absolute Gasteiger partial charge is 0.258 e. The molecule has 5 rings (SSSR count). The summed E-state index contributed by atoms with van der Waals surface area (Å²) in [4.78, 5) is 10.5. The van der Waals surface area contributed by atoms with E-state index in [4.69, 9.17) is 5.10 Å². The van der Waals surface area contributed by atoms with Crippen molar-refractivity contribution in [1.82, 2.24) is 9.78 Å². The lowest BCUT2D eigenvalue weighted by atomic mass is 9.95. The highest BCUT2D eigenvalue weighted by atomic mass is 16.6. The zero-order valence-corrected chi connectivity index (χ0v) is 16.6. The Morgan fingerprint density at radius 2 is 1.48 bits per heavy atom. The van der Waals surface area contributed by atoms with Crippen molar-refractivity contribution in [3.8, 4) is 16.9 Å². The average molecular weight is 409 g/mol. The molecule has 7 heteroatoms. The van der Waals surface area contributed by atoms with E-state index >= 15 is 0 Å². The molecule has 0 N–H and O–H groups in total. The van der Waals surface area contributed by atoms with Gasteiger partial charge in [-0.15, -0.1) is 0 Å². The molecular weight excluding hydrogens is 390 g/mol. The zero-order valence-electron chi connectivity index (χ0n) is 16.6. The van der Waals surface area contributed by atoms with Gasteiger partial charge in [-0.05, 0) is 29.8 Å². The van der Waals surface area contributed by atoms with Crippen molar-refractivity contribution in [1.29, 1.82) is 0 Å². The van der Waals surface area contributed by atoms with Gasteiger partial charge in [0.15, 0.2) is 0 Å². The monoisotopic (exact) mass is 409 g/mol. The summed E-state index contributed by atoms with van der Waals surface area (Å²) in [6.45, 7) is 0. The second kappa shape index (κ2) is 7.95. The summed E-state index contributed by atoms with van der Waals surface area (Å²) in [5.41, 5.74) is 4.91. The van der Waals surface area contributed by atoms with Crippen LogP contribution in [0, 0.1) is 10.1 Å². The van der Waals surface area contributed by atoms with Crippen LogP contribution in [0.15, 0.2) is 101 Å². The lowest BCUT2D eigenvalue weighted by Crippen LogP contribution is -1.98. The van der Waals surface area contributed by atoms with Gasteiger partial charge in [-0.25, -0.2) is 4.68 Å². The summed E-state index contributed by atoms with van der Waals surface area (Å²) in [6.07, 6.45) is 2.72. The fourth-order valence-corrected chi connectivity index (χ4v) is 3.84. The van der Waals surface area contributed by atoms with Crippen molar-refractivity contribution in [2.45, 2.75) is 18.5 Å². The van der Waals surface area contributed by atoms with Gasteiger partial charge in [0, 0.05) is 35.9 Å². The van der Waals surface area contributed by atoms with Crippen LogP contribution < -0.4 is 0 Å². The molecule has 0 spiro atoms. The highest BCUT2D eigenvalue weighted by Crippen LogP contribution is 2.42. The summed E-state index contributed by atoms with van der Waals surface area (Å²) < 4.78 is 1.88. The van der Waals surface area contributed by atoms with E-state index in [0.29, 0.717) is 6.42 Å². The Hall–Kier alpha value is -4.13. The van der Waals surface area contributed by atoms with E-state index in [2.05, 4.69) is 10.2 Å². The number of azo groups is 1. The first-order chi connectivity index (χ1) is 15.2. The Morgan fingerprint density at radius 3 is 2.16 bits per heavy atom. The van der Waals surface area contributed by atoms with Crippen LogP contribution in [-0.2, 0) is 0 Å². The van der Waals surface area contributed by atoms with E-state index in [9.17, 15) is 10.1 Å². The van der Waals surface area contributed by atoms with Gasteiger partial charge in [-0.3, -0.25) is 10.1 Å². The lowest BCUT2D eigenvalue weighted by molar-refractivity contribution is -0.384. The largest absolute Gasteiger partial charge is 0.269 e. The van der Waals surface area contributed by atoms with Gasteiger partial charge in [-0.1, -0.05) is 48.5 Å². The van der Waals surface area contributed by atoms with Crippen molar-refractivity contribution in [3.63, 3.8) is 0 Å². The number of hydrogen-bond donors (Lipinski definition) is 0. The number of benzene rings is 3. The maximum atomic E-state index is 10.9. The highest BCUT2D eigenvalue weighted by molar-refractivity contribution is 5.64. The Kier molecular flexibility index (Phi) is 4.84. The van der Waals surface area contributed by atoms with E-state index in [1.54, 1.807) is 12.1 Å². The highest BCUT2D eigenvalue weighted by Gasteiger charge is 2.29. The van der Waals surface area contributed by atoms with Crippen molar-refractivity contribution in [2.24, 2.45) is 10.2 Å². The number of hydrogen-bond acceptors (Lipinski definition) is 5. The Bertz CT molecular complexity index is 1230. The molecule has 2 atom stereocenters. The molecule has 0 aliphatic carbocycles. The lowest BCUT2D eigenvalue weighted by Gasteiger charge is -2.09. The van der Waals surface area contributed by atoms with Crippen molar-refractivity contribution >= 4 is 5.69 Å². The molecule has 2 heterocycles. The van der Waals surface area contributed by atoms with Crippen LogP contribution in [-0.4, -0.2) is 14.7 Å². The minimum atomic E-state index is -0.396. The van der Waals surface area contributed by atoms with Crippen LogP contribution in [0.4, 0.5) is 5.69 Å². The van der Waals surface area contributed by atoms with Gasteiger partial charge in [0.25, 0.3) is 5.69 Å². The molecule has 0 saturated carbocycles. The molecule has 0 fully saturated rings. The molecule has 0 saturated heterocycles. The second-order valence-corrected chi connectivity index (χ2v) is 7.43. The molecule has 4 aromatic rings. The maximum absolute atomic E-state index is 10.9. The van der Waals surface area contributed by atoms with Gasteiger partial charge in [0.2, 0.25) is 0 Å². The van der Waals surface area contributed by atoms with Crippen molar-refractivity contribution in [2.75, 3.05) is 0 Å². The first-order valence-corrected chi connectivity index (χ1v) is 10.0. The van der Waals surface area contributed by atoms with Gasteiger partial charge in [0.1, 0.15) is 6.04 Å². The molecule has 3 aromatic carbocycles. The summed E-state index contributed by atoms with van der Waals surface area (Å²) in [7, 11) is 0. The number of para-hydroxylation sites is 1. The third kappa shape index (κ3) is 3.73. The van der Waals surface area contributed by atoms with E-state index in [-0.39, 0.29) is 17.8 Å². The minimum Gasteiger partial charge on any atom is -0.258 e. The molecule has 1 aromatic heterocycles. The molecule has 1 aliphatic rings. The molecule has 0 bridgehead atoms. The SMILES string of the molecule is O=[N+]([O-])c1ccc(C2CC(c3cn(-c4ccccc4)nc3-c3ccccc3)N=N2)cc1. The number of rotatable bonds is 5. The number of non-ortho nitro benzene ring substituents is 1. The van der Waals surface area contributed by atoms with Crippen LogP contribution in [0.3, 0.4) is 0 Å². The number of nitrogens with zero attached hydrogens (tertiary/aromatic N) is 5. The normalized spacial score (nSPS) is 17.7. The maximum Gasteiger partial charge on any atom is 0.269 e. The van der Waals surface area contributed by atoms with Crippen LogP contribution >= 0.6 is 0 Å². The van der Waals surface area contributed by atoms with Crippen molar-refractivity contribution < 1.29 is 4.92 Å². The predicted octanol–water partition coefficient (Wildman–Crippen LogP) is 6.09. The first kappa shape index (κ1) is 18.9. The summed E-state index contributed by atoms with van der Waals surface area (Å²) >= 11 is 0. The number of nitro benzene ring substituents is 1. The topological polar surface area (TPSA) is 85.7 Å². The number of nitro groups is 1. The standard InChI is InChI=1S/C24H19N5O2/c30-29(31)20-13-11-17(12-14-20)22-15-23(26-25-22)21-16-28(19-9-5-2-6-10-19)27-24(21)18-7-3-1-4-8-18/h1-14,16,22-23H,15H2. The third-order valence-corrected chi connectivity index (χ3v) is 5.45. The van der Waals surface area contributed by atoms with E-state index < -0.39 is 4.92 Å². The summed E-state index contributed by atoms with van der Waals surface area (Å²) in [6, 6.07) is 26.3. The fourth-order valence-electron chi connectivity index (χ4n) is 3.84. The van der Waals surface area contributed by atoms with Gasteiger partial charge < -0.3 is 0 Å². The van der Waals surface area contributed by atoms with Crippen LogP contribution in [0.25, 0.3) is 16.9 Å². The number of aromatic nitrogens is 2. The van der Waals surface area contributed by atoms with Crippen molar-refractivity contribution in [3.05, 3.63) is 112 Å². The molecule has 7 nitrogen and oxygen atoms in total. The average Bonchev–Trinajstić information content (AvgIpc) is 3.48. The third-order valence-electron chi connectivity index (χ3n) is 5.45. The summed E-state index contributed by atoms with van der Waals surface area (Å²) in [5, 5.41) is 24.8. The van der Waals surface area contributed by atoms with Crippen LogP contribution in [0.2, 0.25) is 0 Å². The minimum absolute atomic E-state index is 0.0748. The van der Waals surface area contributed by atoms with Gasteiger partial charge >= 0.3 is 0 Å². The zero-order chi connectivity index (χ0) is 21.2. The van der Waals surface area contributed by atoms with Crippen LogP contribution in [0.1, 0.15) is 29.6 Å². The van der Waals surface area contributed by atoms with Crippen LogP contribution in [0.5, 0.6) is 0 Å². The molecule has 2 unspecified atom stereocenters. The van der Waals surface area contributed by atoms with E-state index in [0.717, 1.165) is 28.1 Å². The molecule has 152 valence electrons. The van der Waals surface area contributed by atoms with E-state index in [1.165, 1.54) is 12.1 Å². The first-order valence-electron chi connectivity index (χ1n) is 10.0. The molecule has 0 radical (unpaired) electrons. The Balaban J connectivity index is 1.48. The molecule has 31 heavy (non-hydrogen) atoms. The molecular formula is C24H19N5O2. The second-order valence-electron chi connectivity index (χ2n) is 7.43. The Morgan fingerprint density at radius 1 is 0.839 bits per heavy atom.